The number of nitrogen functional groups attached to an aromatic ring is 1. The van der Waals surface area contributed by atoms with Crippen molar-refractivity contribution >= 4 is 33.3 Å². The number of pyridine rings is 2. The van der Waals surface area contributed by atoms with Crippen molar-refractivity contribution in [1.29, 1.82) is 0 Å². The molecule has 0 fully saturated rings. The van der Waals surface area contributed by atoms with Crippen molar-refractivity contribution < 1.29 is 8.42 Å². The van der Waals surface area contributed by atoms with Crippen LogP contribution < -0.4 is 16.0 Å². The van der Waals surface area contributed by atoms with E-state index in [1.54, 1.807) is 0 Å². The van der Waals surface area contributed by atoms with Gasteiger partial charge in [-0.1, -0.05) is 11.6 Å². The van der Waals surface area contributed by atoms with Gasteiger partial charge in [0.2, 0.25) is 0 Å². The van der Waals surface area contributed by atoms with Gasteiger partial charge in [0.1, 0.15) is 11.6 Å². The van der Waals surface area contributed by atoms with E-state index < -0.39 is 10.0 Å². The molecule has 9 heteroatoms. The first-order chi connectivity index (χ1) is 9.01. The van der Waals surface area contributed by atoms with E-state index in [0.29, 0.717) is 5.02 Å². The number of nitrogens with zero attached hydrogens (tertiary/aromatic N) is 2. The number of nitrogens with one attached hydrogen (secondary N) is 2. The van der Waals surface area contributed by atoms with Crippen molar-refractivity contribution in [3.8, 4) is 0 Å². The van der Waals surface area contributed by atoms with Crippen LogP contribution in [0.2, 0.25) is 5.02 Å². The molecule has 0 aliphatic carbocycles. The van der Waals surface area contributed by atoms with Gasteiger partial charge < -0.3 is 5.43 Å². The topological polar surface area (TPSA) is 110 Å². The molecule has 0 unspecified atom stereocenters. The summed E-state index contributed by atoms with van der Waals surface area (Å²) in [5, 5.41) is 0.418. The Bertz CT molecular complexity index is 675. The maximum Gasteiger partial charge on any atom is 0.263 e. The number of nitrogens with two attached hydrogens (primary N) is 1. The van der Waals surface area contributed by atoms with E-state index >= 15 is 0 Å². The van der Waals surface area contributed by atoms with E-state index in [-0.39, 0.29) is 16.5 Å². The minimum atomic E-state index is -3.75. The molecular formula is C10H10ClN5O2S. The van der Waals surface area contributed by atoms with Crippen LogP contribution in [0.15, 0.2) is 41.6 Å². The smallest absolute Gasteiger partial charge is 0.263 e. The zero-order valence-corrected chi connectivity index (χ0v) is 11.1. The number of sulfonamides is 1. The van der Waals surface area contributed by atoms with Crippen LogP contribution in [0.25, 0.3) is 0 Å². The van der Waals surface area contributed by atoms with E-state index in [9.17, 15) is 8.42 Å². The monoisotopic (exact) mass is 299 g/mol. The lowest BCUT2D eigenvalue weighted by molar-refractivity contribution is 0.601. The van der Waals surface area contributed by atoms with Crippen LogP contribution in [-0.2, 0) is 10.0 Å². The molecule has 4 N–H and O–H groups in total. The third-order valence-electron chi connectivity index (χ3n) is 2.16. The SMILES string of the molecule is NNc1cc(S(=O)(=O)Nc2ccc(Cl)cn2)ccn1. The Morgan fingerprint density at radius 2 is 1.95 bits per heavy atom. The highest BCUT2D eigenvalue weighted by molar-refractivity contribution is 7.92. The number of aromatic nitrogens is 2. The minimum absolute atomic E-state index is 0.0206. The van der Waals surface area contributed by atoms with Crippen molar-refractivity contribution in [3.05, 3.63) is 41.7 Å². The largest absolute Gasteiger partial charge is 0.308 e. The molecule has 0 atom stereocenters. The molecule has 2 aromatic heterocycles. The lowest BCUT2D eigenvalue weighted by Gasteiger charge is -2.08. The van der Waals surface area contributed by atoms with E-state index in [1.807, 2.05) is 0 Å². The normalized spacial score (nSPS) is 11.1. The molecule has 2 rings (SSSR count). The van der Waals surface area contributed by atoms with Gasteiger partial charge in [-0.25, -0.2) is 24.2 Å². The second-order valence-electron chi connectivity index (χ2n) is 3.49. The molecule has 100 valence electrons. The van der Waals surface area contributed by atoms with Gasteiger partial charge in [0.25, 0.3) is 10.0 Å². The molecule has 2 heterocycles. The lowest BCUT2D eigenvalue weighted by Crippen LogP contribution is -2.15. The van der Waals surface area contributed by atoms with Crippen LogP contribution in [0, 0.1) is 0 Å². The minimum Gasteiger partial charge on any atom is -0.308 e. The standard InChI is InChI=1S/C10H10ClN5O2S/c11-7-1-2-9(14-6-7)16-19(17,18)8-3-4-13-10(5-8)15-12/h1-6H,12H2,(H,13,15)(H,14,16). The summed E-state index contributed by atoms with van der Waals surface area (Å²) in [5.41, 5.74) is 2.27. The van der Waals surface area contributed by atoms with Crippen molar-refractivity contribution in [1.82, 2.24) is 9.97 Å². The number of rotatable bonds is 4. The van der Waals surface area contributed by atoms with Crippen LogP contribution in [0.4, 0.5) is 11.6 Å². The molecule has 0 saturated heterocycles. The number of halogens is 1. The third kappa shape index (κ3) is 3.31. The number of hydrogen-bond acceptors (Lipinski definition) is 6. The molecule has 0 amide bonds. The molecule has 19 heavy (non-hydrogen) atoms. The fourth-order valence-electron chi connectivity index (χ4n) is 1.29. The predicted octanol–water partition coefficient (Wildman–Crippen LogP) is 1.22. The highest BCUT2D eigenvalue weighted by atomic mass is 35.5. The number of hydrogen-bond donors (Lipinski definition) is 3. The van der Waals surface area contributed by atoms with Crippen LogP contribution >= 0.6 is 11.6 Å². The Morgan fingerprint density at radius 1 is 1.16 bits per heavy atom. The summed E-state index contributed by atoms with van der Waals surface area (Å²) in [6, 6.07) is 5.65. The maximum absolute atomic E-state index is 12.1. The van der Waals surface area contributed by atoms with Gasteiger partial charge in [-0.2, -0.15) is 0 Å². The Kier molecular flexibility index (Phi) is 3.84. The Balaban J connectivity index is 2.29. The van der Waals surface area contributed by atoms with Crippen molar-refractivity contribution in [2.24, 2.45) is 5.84 Å². The van der Waals surface area contributed by atoms with Gasteiger partial charge >= 0.3 is 0 Å². The molecule has 0 aliphatic rings. The summed E-state index contributed by atoms with van der Waals surface area (Å²) in [6.07, 6.45) is 2.68. The molecule has 0 bridgehead atoms. The van der Waals surface area contributed by atoms with Crippen molar-refractivity contribution in [3.63, 3.8) is 0 Å². The Morgan fingerprint density at radius 3 is 2.58 bits per heavy atom. The first kappa shape index (κ1) is 13.5. The van der Waals surface area contributed by atoms with E-state index in [0.717, 1.165) is 0 Å². The summed E-state index contributed by atoms with van der Waals surface area (Å²) in [5.74, 6) is 5.59. The zero-order valence-electron chi connectivity index (χ0n) is 9.54. The Labute approximate surface area is 114 Å². The van der Waals surface area contributed by atoms with Crippen LogP contribution in [0.1, 0.15) is 0 Å². The molecule has 0 saturated carbocycles. The second kappa shape index (κ2) is 5.39. The third-order valence-corrected chi connectivity index (χ3v) is 3.73. The Hall–Kier alpha value is -1.90. The maximum atomic E-state index is 12.1. The van der Waals surface area contributed by atoms with Gasteiger partial charge in [-0.05, 0) is 18.2 Å². The van der Waals surface area contributed by atoms with Gasteiger partial charge in [0.05, 0.1) is 9.92 Å². The molecule has 0 radical (unpaired) electrons. The number of hydrazine groups is 1. The fraction of sp³-hybridized carbons (Fsp3) is 0. The second-order valence-corrected chi connectivity index (χ2v) is 5.61. The summed E-state index contributed by atoms with van der Waals surface area (Å²) in [4.78, 5) is 7.70. The lowest BCUT2D eigenvalue weighted by atomic mass is 10.5. The van der Waals surface area contributed by atoms with E-state index in [2.05, 4.69) is 20.1 Å². The first-order valence-electron chi connectivity index (χ1n) is 5.08. The highest BCUT2D eigenvalue weighted by Gasteiger charge is 2.15. The number of anilines is 2. The van der Waals surface area contributed by atoms with Gasteiger partial charge in [-0.3, -0.25) is 4.72 Å². The summed E-state index contributed by atoms with van der Waals surface area (Å²) in [7, 11) is -3.75. The van der Waals surface area contributed by atoms with Crippen LogP contribution in [-0.4, -0.2) is 18.4 Å². The molecule has 0 aromatic carbocycles. The van der Waals surface area contributed by atoms with Gasteiger partial charge in [0.15, 0.2) is 0 Å². The quantitative estimate of drug-likeness (QED) is 0.578. The zero-order chi connectivity index (χ0) is 13.9. The first-order valence-corrected chi connectivity index (χ1v) is 6.94. The van der Waals surface area contributed by atoms with Gasteiger partial charge in [0, 0.05) is 18.5 Å². The van der Waals surface area contributed by atoms with Gasteiger partial charge in [-0.15, -0.1) is 0 Å². The molecular weight excluding hydrogens is 290 g/mol. The average Bonchev–Trinajstić information content (AvgIpc) is 2.41. The summed E-state index contributed by atoms with van der Waals surface area (Å²) < 4.78 is 26.5. The summed E-state index contributed by atoms with van der Waals surface area (Å²) in [6.45, 7) is 0. The molecule has 0 aliphatic heterocycles. The van der Waals surface area contributed by atoms with E-state index in [4.69, 9.17) is 17.4 Å². The van der Waals surface area contributed by atoms with E-state index in [1.165, 1.54) is 36.7 Å². The highest BCUT2D eigenvalue weighted by Crippen LogP contribution is 2.17. The van der Waals surface area contributed by atoms with Crippen molar-refractivity contribution in [2.75, 3.05) is 10.1 Å². The summed E-state index contributed by atoms with van der Waals surface area (Å²) >= 11 is 5.67. The van der Waals surface area contributed by atoms with Crippen molar-refractivity contribution in [2.45, 2.75) is 4.90 Å². The molecule has 7 nitrogen and oxygen atoms in total. The average molecular weight is 300 g/mol. The molecule has 2 aromatic rings. The fourth-order valence-corrected chi connectivity index (χ4v) is 2.42. The van der Waals surface area contributed by atoms with Crippen LogP contribution in [0.5, 0.6) is 0 Å². The van der Waals surface area contributed by atoms with Crippen LogP contribution in [0.3, 0.4) is 0 Å². The predicted molar refractivity (Wildman–Crippen MR) is 72.1 cm³/mol. The molecule has 0 spiro atoms.